The number of nitrogens with zero attached hydrogens (tertiary/aromatic N) is 4. The van der Waals surface area contributed by atoms with Crippen LogP contribution < -0.4 is 11.1 Å². The average molecular weight is 320 g/mol. The maximum absolute atomic E-state index is 5.91. The molecule has 0 saturated heterocycles. The Morgan fingerprint density at radius 3 is 2.54 bits per heavy atom. The quantitative estimate of drug-likeness (QED) is 0.537. The average Bonchev–Trinajstić information content (AvgIpc) is 3.16. The monoisotopic (exact) mass is 320 g/mol. The summed E-state index contributed by atoms with van der Waals surface area (Å²) < 4.78 is 1.71. The molecule has 0 aliphatic rings. The number of guanidine groups is 1. The summed E-state index contributed by atoms with van der Waals surface area (Å²) in [5, 5.41) is 7.24. The first kappa shape index (κ1) is 15.7. The van der Waals surface area contributed by atoms with Gasteiger partial charge in [-0.2, -0.15) is 5.10 Å². The lowest BCUT2D eigenvalue weighted by Crippen LogP contribution is -2.33. The Balaban J connectivity index is 1.48. The molecule has 0 saturated carbocycles. The van der Waals surface area contributed by atoms with Gasteiger partial charge in [0, 0.05) is 6.54 Å². The number of nitrogens with two attached hydrogens (primary N) is 1. The summed E-state index contributed by atoms with van der Waals surface area (Å²) >= 11 is 0. The van der Waals surface area contributed by atoms with E-state index in [0.717, 1.165) is 24.2 Å². The van der Waals surface area contributed by atoms with Gasteiger partial charge in [0.15, 0.2) is 5.96 Å². The van der Waals surface area contributed by atoms with Crippen molar-refractivity contribution in [2.75, 3.05) is 6.54 Å². The first-order chi connectivity index (χ1) is 11.8. The minimum Gasteiger partial charge on any atom is -0.370 e. The van der Waals surface area contributed by atoms with Gasteiger partial charge in [-0.1, -0.05) is 42.5 Å². The second-order valence-electron chi connectivity index (χ2n) is 5.37. The van der Waals surface area contributed by atoms with E-state index in [1.165, 1.54) is 11.9 Å². The van der Waals surface area contributed by atoms with Gasteiger partial charge in [-0.3, -0.25) is 0 Å². The van der Waals surface area contributed by atoms with Crippen LogP contribution in [-0.2, 0) is 13.0 Å². The summed E-state index contributed by atoms with van der Waals surface area (Å²) in [6, 6.07) is 18.3. The molecule has 6 nitrogen and oxygen atoms in total. The Morgan fingerprint density at radius 1 is 1.04 bits per heavy atom. The third kappa shape index (κ3) is 4.42. The van der Waals surface area contributed by atoms with Crippen LogP contribution >= 0.6 is 0 Å². The zero-order chi connectivity index (χ0) is 16.6. The normalized spacial score (nSPS) is 11.4. The Kier molecular flexibility index (Phi) is 5.19. The number of benzene rings is 2. The highest BCUT2D eigenvalue weighted by atomic mass is 15.3. The molecule has 0 bridgehead atoms. The van der Waals surface area contributed by atoms with E-state index in [9.17, 15) is 0 Å². The van der Waals surface area contributed by atoms with E-state index in [2.05, 4.69) is 32.5 Å². The Hall–Kier alpha value is -3.15. The van der Waals surface area contributed by atoms with Crippen LogP contribution in [0.5, 0.6) is 0 Å². The predicted molar refractivity (Wildman–Crippen MR) is 94.8 cm³/mol. The van der Waals surface area contributed by atoms with Crippen LogP contribution in [0.2, 0.25) is 0 Å². The fourth-order valence-electron chi connectivity index (χ4n) is 2.31. The SMILES string of the molecule is NC(=NCc1ccc(-n2cncn2)cc1)NCCc1ccccc1. The first-order valence-electron chi connectivity index (χ1n) is 7.83. The molecule has 6 heteroatoms. The van der Waals surface area contributed by atoms with E-state index in [1.54, 1.807) is 11.0 Å². The highest BCUT2D eigenvalue weighted by molar-refractivity contribution is 5.77. The van der Waals surface area contributed by atoms with Crippen LogP contribution in [0.4, 0.5) is 0 Å². The smallest absolute Gasteiger partial charge is 0.188 e. The number of aliphatic imine (C=N–C) groups is 1. The van der Waals surface area contributed by atoms with Crippen molar-refractivity contribution in [1.82, 2.24) is 20.1 Å². The van der Waals surface area contributed by atoms with Crippen LogP contribution in [-0.4, -0.2) is 27.3 Å². The van der Waals surface area contributed by atoms with Crippen molar-refractivity contribution in [3.8, 4) is 5.69 Å². The summed E-state index contributed by atoms with van der Waals surface area (Å²) in [7, 11) is 0. The fourth-order valence-corrected chi connectivity index (χ4v) is 2.31. The highest BCUT2D eigenvalue weighted by Gasteiger charge is 1.98. The Bertz CT molecular complexity index is 763. The number of rotatable bonds is 6. The van der Waals surface area contributed by atoms with E-state index >= 15 is 0 Å². The van der Waals surface area contributed by atoms with Gasteiger partial charge in [-0.25, -0.2) is 14.7 Å². The van der Waals surface area contributed by atoms with Crippen LogP contribution in [0.25, 0.3) is 5.69 Å². The zero-order valence-corrected chi connectivity index (χ0v) is 13.3. The van der Waals surface area contributed by atoms with E-state index < -0.39 is 0 Å². The molecule has 0 unspecified atom stereocenters. The fraction of sp³-hybridized carbons (Fsp3) is 0.167. The molecule has 0 aliphatic carbocycles. The molecule has 3 aromatic rings. The van der Waals surface area contributed by atoms with Crippen LogP contribution in [0.1, 0.15) is 11.1 Å². The predicted octanol–water partition coefficient (Wildman–Crippen LogP) is 1.91. The minimum atomic E-state index is 0.464. The van der Waals surface area contributed by atoms with Crippen LogP contribution in [0.15, 0.2) is 72.2 Å². The van der Waals surface area contributed by atoms with Crippen molar-refractivity contribution in [1.29, 1.82) is 0 Å². The Morgan fingerprint density at radius 2 is 1.83 bits per heavy atom. The van der Waals surface area contributed by atoms with E-state index in [-0.39, 0.29) is 0 Å². The molecule has 0 radical (unpaired) electrons. The molecule has 1 aromatic heterocycles. The number of hydrogen-bond donors (Lipinski definition) is 2. The third-order valence-electron chi connectivity index (χ3n) is 3.61. The topological polar surface area (TPSA) is 81.1 Å². The molecule has 0 spiro atoms. The highest BCUT2D eigenvalue weighted by Crippen LogP contribution is 2.08. The molecule has 1 heterocycles. The van der Waals surface area contributed by atoms with Gasteiger partial charge < -0.3 is 11.1 Å². The summed E-state index contributed by atoms with van der Waals surface area (Å²) in [5.41, 5.74) is 9.24. The second-order valence-corrected chi connectivity index (χ2v) is 5.37. The van der Waals surface area contributed by atoms with Gasteiger partial charge in [0.05, 0.1) is 12.2 Å². The molecule has 3 rings (SSSR count). The summed E-state index contributed by atoms with van der Waals surface area (Å²) in [6.45, 7) is 1.31. The molecular formula is C18H20N6. The summed E-state index contributed by atoms with van der Waals surface area (Å²) in [6.07, 6.45) is 4.10. The van der Waals surface area contributed by atoms with Crippen molar-refractivity contribution in [3.05, 3.63) is 78.4 Å². The lowest BCUT2D eigenvalue weighted by atomic mass is 10.1. The lowest BCUT2D eigenvalue weighted by molar-refractivity contribution is 0.847. The van der Waals surface area contributed by atoms with Crippen molar-refractivity contribution in [2.45, 2.75) is 13.0 Å². The maximum Gasteiger partial charge on any atom is 0.188 e. The summed E-state index contributed by atoms with van der Waals surface area (Å²) in [5.74, 6) is 0.464. The van der Waals surface area contributed by atoms with Crippen molar-refractivity contribution >= 4 is 5.96 Å². The van der Waals surface area contributed by atoms with E-state index in [1.807, 2.05) is 42.5 Å². The van der Waals surface area contributed by atoms with Gasteiger partial charge in [-0.05, 0) is 29.7 Å². The maximum atomic E-state index is 5.91. The van der Waals surface area contributed by atoms with Crippen molar-refractivity contribution in [3.63, 3.8) is 0 Å². The van der Waals surface area contributed by atoms with Gasteiger partial charge in [-0.15, -0.1) is 0 Å². The zero-order valence-electron chi connectivity index (χ0n) is 13.3. The number of nitrogens with one attached hydrogen (secondary N) is 1. The molecule has 24 heavy (non-hydrogen) atoms. The van der Waals surface area contributed by atoms with Crippen molar-refractivity contribution < 1.29 is 0 Å². The first-order valence-corrected chi connectivity index (χ1v) is 7.83. The molecule has 0 amide bonds. The molecular weight excluding hydrogens is 300 g/mol. The van der Waals surface area contributed by atoms with Gasteiger partial charge >= 0.3 is 0 Å². The van der Waals surface area contributed by atoms with E-state index in [0.29, 0.717) is 12.5 Å². The molecule has 0 aliphatic heterocycles. The molecule has 0 fully saturated rings. The number of aromatic nitrogens is 3. The standard InChI is InChI=1S/C18H20N6/c19-18(21-11-10-15-4-2-1-3-5-15)22-12-16-6-8-17(9-7-16)24-14-20-13-23-24/h1-9,13-14H,10-12H2,(H3,19,21,22). The van der Waals surface area contributed by atoms with Crippen LogP contribution in [0, 0.1) is 0 Å². The summed E-state index contributed by atoms with van der Waals surface area (Å²) in [4.78, 5) is 8.30. The van der Waals surface area contributed by atoms with Gasteiger partial charge in [0.25, 0.3) is 0 Å². The van der Waals surface area contributed by atoms with Gasteiger partial charge in [0.1, 0.15) is 12.7 Å². The third-order valence-corrected chi connectivity index (χ3v) is 3.61. The van der Waals surface area contributed by atoms with Crippen LogP contribution in [0.3, 0.4) is 0 Å². The minimum absolute atomic E-state index is 0.464. The second kappa shape index (κ2) is 7.92. The largest absolute Gasteiger partial charge is 0.370 e. The molecule has 2 aromatic carbocycles. The molecule has 0 atom stereocenters. The van der Waals surface area contributed by atoms with E-state index in [4.69, 9.17) is 5.73 Å². The molecule has 122 valence electrons. The lowest BCUT2D eigenvalue weighted by Gasteiger charge is -2.06. The van der Waals surface area contributed by atoms with Crippen molar-refractivity contribution in [2.24, 2.45) is 10.7 Å². The number of hydrogen-bond acceptors (Lipinski definition) is 3. The Labute approximate surface area is 141 Å². The van der Waals surface area contributed by atoms with Gasteiger partial charge in [0.2, 0.25) is 0 Å². The molecule has 3 N–H and O–H groups in total.